The van der Waals surface area contributed by atoms with Gasteiger partial charge >= 0.3 is 5.91 Å². The van der Waals surface area contributed by atoms with Crippen LogP contribution >= 0.6 is 0 Å². The van der Waals surface area contributed by atoms with E-state index in [0.29, 0.717) is 27.9 Å². The van der Waals surface area contributed by atoms with Gasteiger partial charge in [-0.15, -0.1) is 0 Å². The molecule has 8 heteroatoms. The number of hydrogen-bond acceptors (Lipinski definition) is 5. The molecule has 1 amide bonds. The smallest absolute Gasteiger partial charge is 0.302 e. The summed E-state index contributed by atoms with van der Waals surface area (Å²) < 4.78 is 18.8. The van der Waals surface area contributed by atoms with E-state index in [1.807, 2.05) is 12.1 Å². The van der Waals surface area contributed by atoms with Crippen LogP contribution in [0.4, 0.5) is 10.3 Å². The molecule has 2 N–H and O–H groups in total. The molecule has 1 saturated heterocycles. The molecule has 0 saturated carbocycles. The third-order valence-corrected chi connectivity index (χ3v) is 5.60. The summed E-state index contributed by atoms with van der Waals surface area (Å²) >= 11 is 0. The normalized spacial score (nSPS) is 17.6. The SMILES string of the molecule is COc1ccc(/C(O)=C2\C(=O)C(=O)N(c3nc4ccccc4[nH]3)C2c2ccc(F)cc2)cc1. The van der Waals surface area contributed by atoms with E-state index in [4.69, 9.17) is 4.74 Å². The van der Waals surface area contributed by atoms with Crippen molar-refractivity contribution in [2.75, 3.05) is 12.0 Å². The Morgan fingerprint density at radius 1 is 1.03 bits per heavy atom. The highest BCUT2D eigenvalue weighted by molar-refractivity contribution is 6.51. The van der Waals surface area contributed by atoms with Crippen molar-refractivity contribution in [3.8, 4) is 5.75 Å². The predicted molar refractivity (Wildman–Crippen MR) is 120 cm³/mol. The van der Waals surface area contributed by atoms with Gasteiger partial charge in [-0.05, 0) is 54.1 Å². The summed E-state index contributed by atoms with van der Waals surface area (Å²) in [7, 11) is 1.52. The number of para-hydroxylation sites is 2. The molecule has 2 heterocycles. The first-order valence-corrected chi connectivity index (χ1v) is 10.1. The number of carbonyl (C=O) groups is 2. The van der Waals surface area contributed by atoms with Gasteiger partial charge in [-0.1, -0.05) is 24.3 Å². The van der Waals surface area contributed by atoms with Crippen molar-refractivity contribution >= 4 is 34.4 Å². The number of nitrogens with zero attached hydrogens (tertiary/aromatic N) is 2. The van der Waals surface area contributed by atoms with E-state index >= 15 is 0 Å². The lowest BCUT2D eigenvalue weighted by atomic mass is 9.95. The van der Waals surface area contributed by atoms with Crippen LogP contribution < -0.4 is 9.64 Å². The second kappa shape index (κ2) is 7.90. The van der Waals surface area contributed by atoms with Crippen LogP contribution in [-0.4, -0.2) is 33.9 Å². The van der Waals surface area contributed by atoms with Gasteiger partial charge in [0.05, 0.1) is 29.8 Å². The van der Waals surface area contributed by atoms with Gasteiger partial charge in [-0.2, -0.15) is 0 Å². The lowest BCUT2D eigenvalue weighted by molar-refractivity contribution is -0.132. The first-order chi connectivity index (χ1) is 16.0. The lowest BCUT2D eigenvalue weighted by Gasteiger charge is -2.23. The minimum atomic E-state index is -1.01. The van der Waals surface area contributed by atoms with Crippen molar-refractivity contribution in [2.24, 2.45) is 0 Å². The summed E-state index contributed by atoms with van der Waals surface area (Å²) in [5.41, 5.74) is 1.97. The van der Waals surface area contributed by atoms with Gasteiger partial charge in [0.25, 0.3) is 5.78 Å². The molecule has 33 heavy (non-hydrogen) atoms. The topological polar surface area (TPSA) is 95.5 Å². The Morgan fingerprint density at radius 2 is 1.73 bits per heavy atom. The third-order valence-electron chi connectivity index (χ3n) is 5.60. The second-order valence-corrected chi connectivity index (χ2v) is 7.53. The van der Waals surface area contributed by atoms with E-state index in [0.717, 1.165) is 0 Å². The highest BCUT2D eigenvalue weighted by atomic mass is 19.1. The minimum absolute atomic E-state index is 0.114. The zero-order valence-corrected chi connectivity index (χ0v) is 17.4. The number of amides is 1. The zero-order chi connectivity index (χ0) is 23.1. The Kier molecular flexibility index (Phi) is 4.90. The van der Waals surface area contributed by atoms with E-state index in [1.165, 1.54) is 36.3 Å². The summed E-state index contributed by atoms with van der Waals surface area (Å²) in [5.74, 6) is -1.79. The Balaban J connectivity index is 1.71. The third kappa shape index (κ3) is 3.41. The van der Waals surface area contributed by atoms with E-state index in [2.05, 4.69) is 9.97 Å². The second-order valence-electron chi connectivity index (χ2n) is 7.53. The van der Waals surface area contributed by atoms with Crippen LogP contribution in [0.15, 0.2) is 78.4 Å². The minimum Gasteiger partial charge on any atom is -0.507 e. The first-order valence-electron chi connectivity index (χ1n) is 10.1. The summed E-state index contributed by atoms with van der Waals surface area (Å²) in [6, 6.07) is 18.1. The largest absolute Gasteiger partial charge is 0.507 e. The van der Waals surface area contributed by atoms with Crippen molar-refractivity contribution in [3.05, 3.63) is 95.3 Å². The zero-order valence-electron chi connectivity index (χ0n) is 17.4. The molecule has 1 atom stereocenters. The van der Waals surface area contributed by atoms with Crippen LogP contribution in [0.3, 0.4) is 0 Å². The number of H-pyrrole nitrogens is 1. The number of nitrogens with one attached hydrogen (secondary N) is 1. The fourth-order valence-corrected chi connectivity index (χ4v) is 3.97. The van der Waals surface area contributed by atoms with Gasteiger partial charge in [-0.3, -0.25) is 14.5 Å². The number of rotatable bonds is 4. The molecule has 0 radical (unpaired) electrons. The number of ether oxygens (including phenoxy) is 1. The van der Waals surface area contributed by atoms with E-state index in [9.17, 15) is 19.1 Å². The Bertz CT molecular complexity index is 1370. The number of aliphatic hydroxyl groups excluding tert-OH is 1. The number of benzene rings is 3. The maximum absolute atomic E-state index is 13.6. The predicted octanol–water partition coefficient (Wildman–Crippen LogP) is 4.34. The van der Waals surface area contributed by atoms with Gasteiger partial charge in [0, 0.05) is 5.56 Å². The van der Waals surface area contributed by atoms with Crippen LogP contribution in [-0.2, 0) is 9.59 Å². The van der Waals surface area contributed by atoms with Gasteiger partial charge in [-0.25, -0.2) is 9.37 Å². The highest BCUT2D eigenvalue weighted by Gasteiger charge is 2.48. The van der Waals surface area contributed by atoms with Gasteiger partial charge in [0.1, 0.15) is 17.3 Å². The highest BCUT2D eigenvalue weighted by Crippen LogP contribution is 2.41. The van der Waals surface area contributed by atoms with E-state index in [1.54, 1.807) is 36.4 Å². The monoisotopic (exact) mass is 443 g/mol. The average molecular weight is 443 g/mol. The number of aromatic nitrogens is 2. The number of aromatic amines is 1. The molecule has 164 valence electrons. The fraction of sp³-hybridized carbons (Fsp3) is 0.0800. The summed E-state index contributed by atoms with van der Waals surface area (Å²) in [4.78, 5) is 35.0. The number of ketones is 1. The summed E-state index contributed by atoms with van der Waals surface area (Å²) in [6.07, 6.45) is 0. The molecule has 1 aliphatic heterocycles. The summed E-state index contributed by atoms with van der Waals surface area (Å²) in [5, 5.41) is 11.1. The van der Waals surface area contributed by atoms with Crippen LogP contribution in [0.25, 0.3) is 16.8 Å². The lowest BCUT2D eigenvalue weighted by Crippen LogP contribution is -2.30. The van der Waals surface area contributed by atoms with Crippen molar-refractivity contribution in [2.45, 2.75) is 6.04 Å². The maximum atomic E-state index is 13.6. The number of halogens is 1. The van der Waals surface area contributed by atoms with E-state index in [-0.39, 0.29) is 17.3 Å². The molecule has 0 spiro atoms. The van der Waals surface area contributed by atoms with Crippen molar-refractivity contribution in [1.29, 1.82) is 0 Å². The number of Topliss-reactive ketones (excluding diaryl/α,β-unsaturated/α-hetero) is 1. The van der Waals surface area contributed by atoms with Gasteiger partial charge < -0.3 is 14.8 Å². The van der Waals surface area contributed by atoms with Crippen LogP contribution in [0.2, 0.25) is 0 Å². The Labute approximate surface area is 187 Å². The molecule has 4 aromatic rings. The van der Waals surface area contributed by atoms with Crippen molar-refractivity contribution < 1.29 is 23.8 Å². The molecule has 0 bridgehead atoms. The van der Waals surface area contributed by atoms with Crippen molar-refractivity contribution in [1.82, 2.24) is 9.97 Å². The molecule has 3 aromatic carbocycles. The number of anilines is 1. The summed E-state index contributed by atoms with van der Waals surface area (Å²) in [6.45, 7) is 0. The Morgan fingerprint density at radius 3 is 2.39 bits per heavy atom. The quantitative estimate of drug-likeness (QED) is 0.278. The molecule has 1 fully saturated rings. The maximum Gasteiger partial charge on any atom is 0.302 e. The molecule has 5 rings (SSSR count). The number of aliphatic hydroxyl groups is 1. The fourth-order valence-electron chi connectivity index (χ4n) is 3.97. The van der Waals surface area contributed by atoms with Crippen molar-refractivity contribution in [3.63, 3.8) is 0 Å². The number of hydrogen-bond donors (Lipinski definition) is 2. The molecule has 1 aromatic heterocycles. The van der Waals surface area contributed by atoms with E-state index < -0.39 is 23.5 Å². The van der Waals surface area contributed by atoms with Gasteiger partial charge in [0.15, 0.2) is 0 Å². The molecule has 7 nitrogen and oxygen atoms in total. The standard InChI is InChI=1S/C25H18FN3O4/c1-33-17-12-8-15(9-13-17)22(30)20-21(14-6-10-16(26)11-7-14)29(24(32)23(20)31)25-27-18-4-2-3-5-19(18)28-25/h2-13,21,30H,1H3,(H,27,28)/b22-20+. The number of carbonyl (C=O) groups excluding carboxylic acids is 2. The number of imidazole rings is 1. The van der Waals surface area contributed by atoms with Gasteiger partial charge in [0.2, 0.25) is 5.95 Å². The molecular weight excluding hydrogens is 425 g/mol. The molecule has 1 aliphatic rings. The van der Waals surface area contributed by atoms with Crippen LogP contribution in [0.5, 0.6) is 5.75 Å². The first kappa shape index (κ1) is 20.4. The van der Waals surface area contributed by atoms with Crippen LogP contribution in [0, 0.1) is 5.82 Å². The molecule has 0 aliphatic carbocycles. The Hall–Kier alpha value is -4.46. The number of methoxy groups -OCH3 is 1. The molecular formula is C25H18FN3O4. The average Bonchev–Trinajstić information content (AvgIpc) is 3.38. The molecule has 1 unspecified atom stereocenters. The van der Waals surface area contributed by atoms with Crippen LogP contribution in [0.1, 0.15) is 17.2 Å². The number of fused-ring (bicyclic) bond motifs is 1.